The van der Waals surface area contributed by atoms with Gasteiger partial charge in [0.05, 0.1) is 0 Å². The average Bonchev–Trinajstić information content (AvgIpc) is 2.53. The minimum Gasteiger partial charge on any atom is -0.489 e. The SMILES string of the molecule is CCCCNC(=O)c1cccc(OCc2cccc(C)c2)c1. The van der Waals surface area contributed by atoms with Gasteiger partial charge >= 0.3 is 0 Å². The van der Waals surface area contributed by atoms with Gasteiger partial charge < -0.3 is 10.1 Å². The molecule has 1 N–H and O–H groups in total. The number of nitrogens with one attached hydrogen (secondary N) is 1. The summed E-state index contributed by atoms with van der Waals surface area (Å²) in [5.74, 6) is 0.666. The lowest BCUT2D eigenvalue weighted by atomic mass is 10.1. The van der Waals surface area contributed by atoms with Crippen molar-refractivity contribution >= 4 is 5.91 Å². The summed E-state index contributed by atoms with van der Waals surface area (Å²) in [7, 11) is 0. The smallest absolute Gasteiger partial charge is 0.251 e. The van der Waals surface area contributed by atoms with Crippen molar-refractivity contribution in [2.75, 3.05) is 6.54 Å². The molecule has 0 heterocycles. The molecule has 0 aliphatic carbocycles. The van der Waals surface area contributed by atoms with Gasteiger partial charge in [0.1, 0.15) is 12.4 Å². The van der Waals surface area contributed by atoms with Crippen LogP contribution in [-0.2, 0) is 6.61 Å². The summed E-state index contributed by atoms with van der Waals surface area (Å²) in [6, 6.07) is 15.5. The molecule has 0 saturated carbocycles. The van der Waals surface area contributed by atoms with Crippen molar-refractivity contribution < 1.29 is 9.53 Å². The molecule has 0 unspecified atom stereocenters. The number of carbonyl (C=O) groups is 1. The largest absolute Gasteiger partial charge is 0.489 e. The molecule has 0 fully saturated rings. The fraction of sp³-hybridized carbons (Fsp3) is 0.316. The molecule has 116 valence electrons. The molecule has 3 heteroatoms. The van der Waals surface area contributed by atoms with Gasteiger partial charge in [-0.1, -0.05) is 49.2 Å². The van der Waals surface area contributed by atoms with E-state index in [4.69, 9.17) is 4.74 Å². The van der Waals surface area contributed by atoms with Gasteiger partial charge in [0.2, 0.25) is 0 Å². The van der Waals surface area contributed by atoms with Crippen molar-refractivity contribution in [3.63, 3.8) is 0 Å². The van der Waals surface area contributed by atoms with Crippen LogP contribution in [0.25, 0.3) is 0 Å². The van der Waals surface area contributed by atoms with Crippen molar-refractivity contribution in [1.82, 2.24) is 5.32 Å². The van der Waals surface area contributed by atoms with Crippen LogP contribution in [0.4, 0.5) is 0 Å². The quantitative estimate of drug-likeness (QED) is 0.781. The maximum Gasteiger partial charge on any atom is 0.251 e. The third-order valence-electron chi connectivity index (χ3n) is 3.40. The second-order valence-electron chi connectivity index (χ2n) is 5.42. The molecule has 0 radical (unpaired) electrons. The fourth-order valence-corrected chi connectivity index (χ4v) is 2.18. The van der Waals surface area contributed by atoms with Crippen LogP contribution in [-0.4, -0.2) is 12.5 Å². The Hall–Kier alpha value is -2.29. The van der Waals surface area contributed by atoms with E-state index in [1.807, 2.05) is 24.3 Å². The Balaban J connectivity index is 1.95. The molecule has 0 bridgehead atoms. The van der Waals surface area contributed by atoms with E-state index in [1.54, 1.807) is 12.1 Å². The molecule has 0 aliphatic rings. The minimum absolute atomic E-state index is 0.0468. The summed E-state index contributed by atoms with van der Waals surface area (Å²) >= 11 is 0. The molecule has 0 spiro atoms. The summed E-state index contributed by atoms with van der Waals surface area (Å²) in [5.41, 5.74) is 2.97. The van der Waals surface area contributed by atoms with Crippen LogP contribution in [0.5, 0.6) is 5.75 Å². The van der Waals surface area contributed by atoms with Gasteiger partial charge in [0, 0.05) is 12.1 Å². The van der Waals surface area contributed by atoms with Crippen molar-refractivity contribution in [3.05, 3.63) is 65.2 Å². The standard InChI is InChI=1S/C19H23NO2/c1-3-4-11-20-19(21)17-9-6-10-18(13-17)22-14-16-8-5-7-15(2)12-16/h5-10,12-13H,3-4,11,14H2,1-2H3,(H,20,21). The van der Waals surface area contributed by atoms with Gasteiger partial charge in [-0.2, -0.15) is 0 Å². The lowest BCUT2D eigenvalue weighted by Gasteiger charge is -2.09. The lowest BCUT2D eigenvalue weighted by molar-refractivity contribution is 0.0952. The van der Waals surface area contributed by atoms with Crippen molar-refractivity contribution in [2.24, 2.45) is 0 Å². The molecule has 1 amide bonds. The number of benzene rings is 2. The van der Waals surface area contributed by atoms with Crippen LogP contribution in [0.15, 0.2) is 48.5 Å². The van der Waals surface area contributed by atoms with E-state index in [1.165, 1.54) is 5.56 Å². The zero-order chi connectivity index (χ0) is 15.8. The number of hydrogen-bond acceptors (Lipinski definition) is 2. The highest BCUT2D eigenvalue weighted by molar-refractivity contribution is 5.94. The molecular weight excluding hydrogens is 274 g/mol. The van der Waals surface area contributed by atoms with E-state index < -0.39 is 0 Å². The second-order valence-corrected chi connectivity index (χ2v) is 5.42. The van der Waals surface area contributed by atoms with Crippen molar-refractivity contribution in [2.45, 2.75) is 33.3 Å². The lowest BCUT2D eigenvalue weighted by Crippen LogP contribution is -2.24. The summed E-state index contributed by atoms with van der Waals surface area (Å²) in [4.78, 5) is 12.0. The van der Waals surface area contributed by atoms with E-state index in [0.717, 1.165) is 18.4 Å². The number of unbranched alkanes of at least 4 members (excludes halogenated alkanes) is 1. The normalized spacial score (nSPS) is 10.3. The van der Waals surface area contributed by atoms with E-state index >= 15 is 0 Å². The molecule has 0 aromatic heterocycles. The Bertz CT molecular complexity index is 622. The zero-order valence-corrected chi connectivity index (χ0v) is 13.3. The summed E-state index contributed by atoms with van der Waals surface area (Å²) < 4.78 is 5.78. The Morgan fingerprint density at radius 2 is 1.95 bits per heavy atom. The predicted octanol–water partition coefficient (Wildman–Crippen LogP) is 4.10. The van der Waals surface area contributed by atoms with Gasteiger partial charge in [0.15, 0.2) is 0 Å². The van der Waals surface area contributed by atoms with Crippen LogP contribution in [0.2, 0.25) is 0 Å². The Morgan fingerprint density at radius 3 is 2.73 bits per heavy atom. The number of rotatable bonds is 7. The first-order chi connectivity index (χ1) is 10.7. The van der Waals surface area contributed by atoms with Crippen LogP contribution < -0.4 is 10.1 Å². The van der Waals surface area contributed by atoms with E-state index in [-0.39, 0.29) is 5.91 Å². The third-order valence-corrected chi connectivity index (χ3v) is 3.40. The first-order valence-electron chi connectivity index (χ1n) is 7.75. The van der Waals surface area contributed by atoms with E-state index in [2.05, 4.69) is 31.3 Å². The molecular formula is C19H23NO2. The summed E-state index contributed by atoms with van der Waals surface area (Å²) in [6.45, 7) is 5.38. The van der Waals surface area contributed by atoms with Gasteiger partial charge in [-0.15, -0.1) is 0 Å². The molecule has 2 aromatic carbocycles. The molecule has 2 aromatic rings. The molecule has 3 nitrogen and oxygen atoms in total. The summed E-state index contributed by atoms with van der Waals surface area (Å²) in [5, 5.41) is 2.91. The van der Waals surface area contributed by atoms with Gasteiger partial charge in [-0.25, -0.2) is 0 Å². The van der Waals surface area contributed by atoms with E-state index in [0.29, 0.717) is 24.5 Å². The van der Waals surface area contributed by atoms with Crippen molar-refractivity contribution in [1.29, 1.82) is 0 Å². The third kappa shape index (κ3) is 4.92. The van der Waals surface area contributed by atoms with Gasteiger partial charge in [-0.05, 0) is 37.1 Å². The van der Waals surface area contributed by atoms with Crippen LogP contribution in [0, 0.1) is 6.92 Å². The number of aryl methyl sites for hydroxylation is 1. The number of hydrogen-bond donors (Lipinski definition) is 1. The number of carbonyl (C=O) groups excluding carboxylic acids is 1. The molecule has 0 saturated heterocycles. The monoisotopic (exact) mass is 297 g/mol. The summed E-state index contributed by atoms with van der Waals surface area (Å²) in [6.07, 6.45) is 2.06. The second kappa shape index (κ2) is 8.23. The molecule has 2 rings (SSSR count). The predicted molar refractivity (Wildman–Crippen MR) is 89.2 cm³/mol. The first kappa shape index (κ1) is 16.1. The highest BCUT2D eigenvalue weighted by Gasteiger charge is 2.06. The molecule has 22 heavy (non-hydrogen) atoms. The maximum absolute atomic E-state index is 12.0. The zero-order valence-electron chi connectivity index (χ0n) is 13.3. The van der Waals surface area contributed by atoms with Crippen LogP contribution >= 0.6 is 0 Å². The van der Waals surface area contributed by atoms with Gasteiger partial charge in [-0.3, -0.25) is 4.79 Å². The molecule has 0 aliphatic heterocycles. The Morgan fingerprint density at radius 1 is 1.14 bits per heavy atom. The van der Waals surface area contributed by atoms with Gasteiger partial charge in [0.25, 0.3) is 5.91 Å². The Labute approximate surface area is 132 Å². The maximum atomic E-state index is 12.0. The Kier molecular flexibility index (Phi) is 6.01. The van der Waals surface area contributed by atoms with Crippen LogP contribution in [0.1, 0.15) is 41.3 Å². The first-order valence-corrected chi connectivity index (χ1v) is 7.75. The number of ether oxygens (including phenoxy) is 1. The highest BCUT2D eigenvalue weighted by Crippen LogP contribution is 2.15. The fourth-order valence-electron chi connectivity index (χ4n) is 2.18. The van der Waals surface area contributed by atoms with Crippen molar-refractivity contribution in [3.8, 4) is 5.75 Å². The highest BCUT2D eigenvalue weighted by atomic mass is 16.5. The molecule has 0 atom stereocenters. The minimum atomic E-state index is -0.0468. The number of amides is 1. The average molecular weight is 297 g/mol. The van der Waals surface area contributed by atoms with E-state index in [9.17, 15) is 4.79 Å². The van der Waals surface area contributed by atoms with Crippen LogP contribution in [0.3, 0.4) is 0 Å². The topological polar surface area (TPSA) is 38.3 Å².